The molecule has 1 saturated carbocycles. The number of aliphatic carboxylic acids is 1. The number of halogens is 1. The van der Waals surface area contributed by atoms with E-state index in [1.165, 1.54) is 18.4 Å². The molecular weight excluding hydrogens is 402 g/mol. The zero-order valence-corrected chi connectivity index (χ0v) is 16.1. The van der Waals surface area contributed by atoms with Crippen molar-refractivity contribution in [1.29, 1.82) is 0 Å². The first-order chi connectivity index (χ1) is 12.1. The fraction of sp³-hybridized carbons (Fsp3) is 0.278. The molecule has 0 atom stereocenters. The van der Waals surface area contributed by atoms with Gasteiger partial charge in [-0.2, -0.15) is 0 Å². The standard InChI is InChI=1S/C18H18BrN3O2S/c1-2-3-4-5-14-10-13(12-6-7-12)8-9-15(14)22-17(19)20-21-18(22)25-11-16(23)24/h2-5,8-10,12H,6-7,11H2,1H3,(H,23,24)/b3-2-,5-4-. The van der Waals surface area contributed by atoms with Crippen LogP contribution in [-0.4, -0.2) is 31.6 Å². The molecule has 130 valence electrons. The second-order valence-electron chi connectivity index (χ2n) is 5.75. The normalized spacial score (nSPS) is 14.6. The summed E-state index contributed by atoms with van der Waals surface area (Å²) in [5.41, 5.74) is 3.32. The topological polar surface area (TPSA) is 68.0 Å². The van der Waals surface area contributed by atoms with E-state index < -0.39 is 5.97 Å². The highest BCUT2D eigenvalue weighted by atomic mass is 79.9. The molecule has 0 saturated heterocycles. The molecule has 3 rings (SSSR count). The van der Waals surface area contributed by atoms with Crippen LogP contribution >= 0.6 is 27.7 Å². The second-order valence-corrected chi connectivity index (χ2v) is 7.40. The van der Waals surface area contributed by atoms with Gasteiger partial charge in [-0.3, -0.25) is 9.36 Å². The molecule has 5 nitrogen and oxygen atoms in total. The Morgan fingerprint density at radius 3 is 2.88 bits per heavy atom. The molecule has 2 aromatic rings. The number of carbonyl (C=O) groups is 1. The Morgan fingerprint density at radius 1 is 1.40 bits per heavy atom. The summed E-state index contributed by atoms with van der Waals surface area (Å²) in [5.74, 6) is -0.282. The van der Waals surface area contributed by atoms with E-state index in [-0.39, 0.29) is 5.75 Å². The lowest BCUT2D eigenvalue weighted by Crippen LogP contribution is -2.03. The summed E-state index contributed by atoms with van der Waals surface area (Å²) in [6.07, 6.45) is 10.5. The van der Waals surface area contributed by atoms with Gasteiger partial charge in [0.1, 0.15) is 0 Å². The van der Waals surface area contributed by atoms with Crippen molar-refractivity contribution in [2.24, 2.45) is 0 Å². The molecule has 1 heterocycles. The summed E-state index contributed by atoms with van der Waals surface area (Å²) in [4.78, 5) is 10.9. The van der Waals surface area contributed by atoms with Crippen LogP contribution in [0.25, 0.3) is 11.8 Å². The maximum absolute atomic E-state index is 10.9. The van der Waals surface area contributed by atoms with Gasteiger partial charge in [-0.15, -0.1) is 10.2 Å². The van der Waals surface area contributed by atoms with E-state index in [1.54, 1.807) is 0 Å². The van der Waals surface area contributed by atoms with Crippen LogP contribution in [0, 0.1) is 0 Å². The van der Waals surface area contributed by atoms with Crippen LogP contribution in [-0.2, 0) is 4.79 Å². The fourth-order valence-corrected chi connectivity index (χ4v) is 3.75. The number of nitrogens with zero attached hydrogens (tertiary/aromatic N) is 3. The Morgan fingerprint density at radius 2 is 2.20 bits per heavy atom. The van der Waals surface area contributed by atoms with Crippen molar-refractivity contribution in [3.05, 3.63) is 52.3 Å². The Bertz CT molecular complexity index is 841. The van der Waals surface area contributed by atoms with E-state index in [1.807, 2.05) is 29.7 Å². The summed E-state index contributed by atoms with van der Waals surface area (Å²) in [5, 5.41) is 17.6. The highest BCUT2D eigenvalue weighted by Crippen LogP contribution is 2.41. The Kier molecular flexibility index (Phi) is 5.75. The van der Waals surface area contributed by atoms with Gasteiger partial charge in [0.15, 0.2) is 5.16 Å². The highest BCUT2D eigenvalue weighted by molar-refractivity contribution is 9.10. The second kappa shape index (κ2) is 8.01. The van der Waals surface area contributed by atoms with Crippen LogP contribution in [0.3, 0.4) is 0 Å². The average molecular weight is 420 g/mol. The molecule has 1 aliphatic carbocycles. The third-order valence-electron chi connectivity index (χ3n) is 3.84. The van der Waals surface area contributed by atoms with Gasteiger partial charge in [0.25, 0.3) is 0 Å². The van der Waals surface area contributed by atoms with Crippen molar-refractivity contribution < 1.29 is 9.90 Å². The molecule has 1 fully saturated rings. The maximum Gasteiger partial charge on any atom is 0.313 e. The van der Waals surface area contributed by atoms with Crippen molar-refractivity contribution in [1.82, 2.24) is 14.8 Å². The van der Waals surface area contributed by atoms with Crippen LogP contribution in [0.1, 0.15) is 36.8 Å². The van der Waals surface area contributed by atoms with Gasteiger partial charge in [0.2, 0.25) is 4.73 Å². The predicted molar refractivity (Wildman–Crippen MR) is 103 cm³/mol. The molecule has 1 N–H and O–H groups in total. The van der Waals surface area contributed by atoms with Gasteiger partial charge in [-0.05, 0) is 64.9 Å². The molecular formula is C18H18BrN3O2S. The number of benzene rings is 1. The van der Waals surface area contributed by atoms with Gasteiger partial charge in [0.05, 0.1) is 11.4 Å². The lowest BCUT2D eigenvalue weighted by Gasteiger charge is -2.12. The van der Waals surface area contributed by atoms with Crippen molar-refractivity contribution in [3.8, 4) is 5.69 Å². The predicted octanol–water partition coefficient (Wildman–Crippen LogP) is 4.67. The minimum Gasteiger partial charge on any atom is -0.481 e. The van der Waals surface area contributed by atoms with E-state index in [9.17, 15) is 4.79 Å². The summed E-state index contributed by atoms with van der Waals surface area (Å²) in [6, 6.07) is 6.39. The molecule has 0 bridgehead atoms. The van der Waals surface area contributed by atoms with E-state index in [4.69, 9.17) is 5.11 Å². The molecule has 1 aromatic carbocycles. The number of hydrogen-bond acceptors (Lipinski definition) is 4. The summed E-state index contributed by atoms with van der Waals surface area (Å²) >= 11 is 4.58. The Labute approximate surface area is 159 Å². The van der Waals surface area contributed by atoms with Crippen molar-refractivity contribution in [2.75, 3.05) is 5.75 Å². The van der Waals surface area contributed by atoms with Crippen LogP contribution in [0.5, 0.6) is 0 Å². The quantitative estimate of drug-likeness (QED) is 0.521. The molecule has 7 heteroatoms. The van der Waals surface area contributed by atoms with E-state index in [2.05, 4.69) is 50.4 Å². The van der Waals surface area contributed by atoms with Crippen molar-refractivity contribution in [3.63, 3.8) is 0 Å². The van der Waals surface area contributed by atoms with Gasteiger partial charge < -0.3 is 5.11 Å². The molecule has 25 heavy (non-hydrogen) atoms. The monoisotopic (exact) mass is 419 g/mol. The number of carboxylic acids is 1. The molecule has 0 amide bonds. The van der Waals surface area contributed by atoms with Gasteiger partial charge in [-0.25, -0.2) is 0 Å². The van der Waals surface area contributed by atoms with Gasteiger partial charge in [0, 0.05) is 0 Å². The zero-order valence-electron chi connectivity index (χ0n) is 13.7. The Balaban J connectivity index is 2.03. The van der Waals surface area contributed by atoms with Crippen molar-refractivity contribution >= 4 is 39.7 Å². The zero-order chi connectivity index (χ0) is 17.8. The third kappa shape index (κ3) is 4.41. The SMILES string of the molecule is C/C=C\C=C/c1cc(C2CC2)ccc1-n1c(Br)nnc1SCC(=O)O. The van der Waals surface area contributed by atoms with E-state index in [0.717, 1.165) is 23.0 Å². The molecule has 0 aliphatic heterocycles. The number of allylic oxidation sites excluding steroid dienone is 3. The van der Waals surface area contributed by atoms with Gasteiger partial charge >= 0.3 is 5.97 Å². The third-order valence-corrected chi connectivity index (χ3v) is 5.27. The molecule has 0 unspecified atom stereocenters. The Hall–Kier alpha value is -1.86. The summed E-state index contributed by atoms with van der Waals surface area (Å²) < 4.78 is 2.40. The maximum atomic E-state index is 10.9. The first-order valence-corrected chi connectivity index (χ1v) is 9.77. The highest BCUT2D eigenvalue weighted by Gasteiger charge is 2.24. The minimum absolute atomic E-state index is 0.0605. The van der Waals surface area contributed by atoms with E-state index >= 15 is 0 Å². The number of hydrogen-bond donors (Lipinski definition) is 1. The number of thioether (sulfide) groups is 1. The lowest BCUT2D eigenvalue weighted by molar-refractivity contribution is -0.133. The smallest absolute Gasteiger partial charge is 0.313 e. The van der Waals surface area contributed by atoms with Crippen LogP contribution in [0.15, 0.2) is 46.3 Å². The number of carboxylic acid groups (broad SMARTS) is 1. The first kappa shape index (κ1) is 17.9. The molecule has 1 aromatic heterocycles. The van der Waals surface area contributed by atoms with Crippen molar-refractivity contribution in [2.45, 2.75) is 30.8 Å². The van der Waals surface area contributed by atoms with Crippen LogP contribution in [0.4, 0.5) is 0 Å². The minimum atomic E-state index is -0.882. The van der Waals surface area contributed by atoms with Crippen LogP contribution < -0.4 is 0 Å². The molecule has 0 radical (unpaired) electrons. The number of rotatable bonds is 7. The van der Waals surface area contributed by atoms with E-state index in [0.29, 0.717) is 15.8 Å². The first-order valence-electron chi connectivity index (χ1n) is 7.99. The lowest BCUT2D eigenvalue weighted by atomic mass is 10.0. The van der Waals surface area contributed by atoms with Gasteiger partial charge in [-0.1, -0.05) is 42.1 Å². The summed E-state index contributed by atoms with van der Waals surface area (Å²) in [6.45, 7) is 1.98. The molecule has 1 aliphatic rings. The van der Waals surface area contributed by atoms with Crippen LogP contribution in [0.2, 0.25) is 0 Å². The largest absolute Gasteiger partial charge is 0.481 e. The fourth-order valence-electron chi connectivity index (χ4n) is 2.53. The average Bonchev–Trinajstić information content (AvgIpc) is 3.37. The number of aromatic nitrogens is 3. The molecule has 0 spiro atoms. The summed E-state index contributed by atoms with van der Waals surface area (Å²) in [7, 11) is 0.